The molecule has 0 radical (unpaired) electrons. The highest BCUT2D eigenvalue weighted by molar-refractivity contribution is 7.19. The lowest BCUT2D eigenvalue weighted by molar-refractivity contribution is -0.669. The average Bonchev–Trinajstić information content (AvgIpc) is 3.43. The van der Waals surface area contributed by atoms with Gasteiger partial charge in [0.25, 0.3) is 5.01 Å². The van der Waals surface area contributed by atoms with E-state index in [1.54, 1.807) is 17.4 Å². The number of aryl methyl sites for hydroxylation is 1. The van der Waals surface area contributed by atoms with E-state index in [9.17, 15) is 19.1 Å². The molecule has 9 heteroatoms. The second-order valence-corrected chi connectivity index (χ2v) is 10.7. The maximum atomic E-state index is 14.1. The highest BCUT2D eigenvalue weighted by atomic mass is 32.1. The summed E-state index contributed by atoms with van der Waals surface area (Å²) in [5.74, 6) is -1.06. The van der Waals surface area contributed by atoms with Crippen molar-refractivity contribution in [2.45, 2.75) is 45.6 Å². The molecular weight excluding hydrogens is 531 g/mol. The lowest BCUT2D eigenvalue weighted by Crippen LogP contribution is -2.35. The molecule has 1 aliphatic rings. The van der Waals surface area contributed by atoms with Gasteiger partial charge in [0, 0.05) is 43.7 Å². The first-order valence-electron chi connectivity index (χ1n) is 13.3. The van der Waals surface area contributed by atoms with Gasteiger partial charge < -0.3 is 19.8 Å². The minimum Gasteiger partial charge on any atom is -0.481 e. The van der Waals surface area contributed by atoms with E-state index in [1.807, 2.05) is 30.0 Å². The number of benzene rings is 3. The smallest absolute Gasteiger partial charge is 0.303 e. The fourth-order valence-corrected chi connectivity index (χ4v) is 6.07. The summed E-state index contributed by atoms with van der Waals surface area (Å²) in [6.45, 7) is 2.97. The first-order chi connectivity index (χ1) is 19.3. The summed E-state index contributed by atoms with van der Waals surface area (Å²) in [6, 6.07) is 16.8. The zero-order valence-corrected chi connectivity index (χ0v) is 22.9. The number of thiazole rings is 1. The molecule has 40 heavy (non-hydrogen) atoms. The van der Waals surface area contributed by atoms with Crippen molar-refractivity contribution in [1.82, 2.24) is 0 Å². The van der Waals surface area contributed by atoms with Crippen molar-refractivity contribution in [3.8, 4) is 5.75 Å². The Morgan fingerprint density at radius 2 is 1.75 bits per heavy atom. The Morgan fingerprint density at radius 1 is 1.02 bits per heavy atom. The highest BCUT2D eigenvalue weighted by Crippen LogP contribution is 2.40. The molecule has 0 fully saturated rings. The second-order valence-electron chi connectivity index (χ2n) is 9.67. The Kier molecular flexibility index (Phi) is 8.11. The van der Waals surface area contributed by atoms with Crippen molar-refractivity contribution < 1.29 is 33.5 Å². The standard InChI is InChI=1S/C31H29FN2O5S/c1-2-20(15-28-33(13-5-9-30(35)36)24-19-23(32)11-12-26(24)39-28)16-29-34(14-6-10-31(37)38)25-17-21-7-3-4-8-22(21)18-27(25)40-29/h3-4,7-8,11-12,15-19H,2,5-6,9-10,13-14H2,1H3,(H-,35,36,37,38)/p+1. The summed E-state index contributed by atoms with van der Waals surface area (Å²) in [7, 11) is 0. The van der Waals surface area contributed by atoms with E-state index in [1.165, 1.54) is 12.1 Å². The Labute approximate surface area is 235 Å². The van der Waals surface area contributed by atoms with Crippen LogP contribution in [-0.4, -0.2) is 28.7 Å². The zero-order chi connectivity index (χ0) is 28.2. The maximum absolute atomic E-state index is 14.1. The normalized spacial score (nSPS) is 14.2. The molecule has 2 N–H and O–H groups in total. The lowest BCUT2D eigenvalue weighted by atomic mass is 10.1. The molecule has 0 spiro atoms. The molecule has 0 saturated heterocycles. The van der Waals surface area contributed by atoms with Crippen LogP contribution in [0.4, 0.5) is 10.1 Å². The van der Waals surface area contributed by atoms with Gasteiger partial charge in [0.15, 0.2) is 12.3 Å². The third kappa shape index (κ3) is 5.99. The second kappa shape index (κ2) is 11.9. The number of nitrogens with zero attached hydrogens (tertiary/aromatic N) is 2. The molecule has 1 aliphatic heterocycles. The topological polar surface area (TPSA) is 91.0 Å². The molecule has 0 saturated carbocycles. The van der Waals surface area contributed by atoms with Crippen LogP contribution in [0.25, 0.3) is 27.1 Å². The minimum absolute atomic E-state index is 0.00260. The first kappa shape index (κ1) is 27.3. The summed E-state index contributed by atoms with van der Waals surface area (Å²) in [6.07, 6.45) is 5.66. The molecule has 0 unspecified atom stereocenters. The summed E-state index contributed by atoms with van der Waals surface area (Å²) in [4.78, 5) is 24.2. The Hall–Kier alpha value is -4.24. The Bertz CT molecular complexity index is 1660. The van der Waals surface area contributed by atoms with Gasteiger partial charge in [-0.2, -0.15) is 4.57 Å². The van der Waals surface area contributed by atoms with Gasteiger partial charge in [-0.25, -0.2) is 4.39 Å². The van der Waals surface area contributed by atoms with E-state index < -0.39 is 17.8 Å². The van der Waals surface area contributed by atoms with Crippen LogP contribution in [0.1, 0.15) is 44.0 Å². The number of hydrogen-bond acceptors (Lipinski definition) is 5. The highest BCUT2D eigenvalue weighted by Gasteiger charge is 2.27. The quantitative estimate of drug-likeness (QED) is 0.197. The predicted octanol–water partition coefficient (Wildman–Crippen LogP) is 6.74. The van der Waals surface area contributed by atoms with Crippen LogP contribution in [0.15, 0.2) is 72.1 Å². The number of aromatic nitrogens is 1. The van der Waals surface area contributed by atoms with Crippen molar-refractivity contribution in [1.29, 1.82) is 0 Å². The van der Waals surface area contributed by atoms with E-state index in [4.69, 9.17) is 9.84 Å². The van der Waals surface area contributed by atoms with Crippen LogP contribution < -0.4 is 14.2 Å². The number of anilines is 1. The number of ether oxygens (including phenoxy) is 1. The van der Waals surface area contributed by atoms with Crippen molar-refractivity contribution in [2.24, 2.45) is 0 Å². The van der Waals surface area contributed by atoms with Gasteiger partial charge in [-0.3, -0.25) is 9.59 Å². The number of aliphatic carboxylic acids is 2. The summed E-state index contributed by atoms with van der Waals surface area (Å²) < 4.78 is 23.5. The van der Waals surface area contributed by atoms with Gasteiger partial charge in [0.05, 0.1) is 12.1 Å². The Balaban J connectivity index is 1.54. The van der Waals surface area contributed by atoms with Crippen LogP contribution in [0, 0.1) is 5.82 Å². The number of fused-ring (bicyclic) bond motifs is 3. The minimum atomic E-state index is -0.885. The van der Waals surface area contributed by atoms with E-state index in [0.717, 1.165) is 31.6 Å². The molecule has 4 aromatic rings. The van der Waals surface area contributed by atoms with E-state index in [2.05, 4.69) is 34.9 Å². The predicted molar refractivity (Wildman–Crippen MR) is 154 cm³/mol. The number of hydrogen-bond donors (Lipinski definition) is 2. The van der Waals surface area contributed by atoms with Crippen LogP contribution in [0.2, 0.25) is 0 Å². The molecule has 3 aromatic carbocycles. The van der Waals surface area contributed by atoms with E-state index in [0.29, 0.717) is 49.7 Å². The van der Waals surface area contributed by atoms with Gasteiger partial charge in [0.2, 0.25) is 11.4 Å². The summed E-state index contributed by atoms with van der Waals surface area (Å²) in [5, 5.41) is 21.6. The van der Waals surface area contributed by atoms with E-state index >= 15 is 0 Å². The number of halogens is 1. The molecule has 5 rings (SSSR count). The molecular formula is C31H30FN2O5S+. The maximum Gasteiger partial charge on any atom is 0.303 e. The number of carbonyl (C=O) groups is 2. The van der Waals surface area contributed by atoms with Crippen molar-refractivity contribution >= 4 is 56.0 Å². The van der Waals surface area contributed by atoms with Gasteiger partial charge >= 0.3 is 11.9 Å². The third-order valence-corrected chi connectivity index (χ3v) is 7.96. The SMILES string of the molecule is CCC(=Cc1sc2cc3ccccc3cc2[n+]1CCCC(=O)O)C=C1Oc2ccc(F)cc2N1CCCC(=O)O. The van der Waals surface area contributed by atoms with Crippen LogP contribution >= 0.6 is 11.3 Å². The number of carboxylic acids is 2. The third-order valence-electron chi connectivity index (χ3n) is 6.86. The van der Waals surface area contributed by atoms with Gasteiger partial charge in [0.1, 0.15) is 10.5 Å². The lowest BCUT2D eigenvalue weighted by Gasteiger charge is -2.18. The number of rotatable bonds is 11. The fourth-order valence-electron chi connectivity index (χ4n) is 4.88. The number of allylic oxidation sites excluding steroid dienone is 2. The monoisotopic (exact) mass is 561 g/mol. The number of carboxylic acid groups (broad SMARTS) is 2. The van der Waals surface area contributed by atoms with Crippen LogP contribution in [0.5, 0.6) is 5.75 Å². The fraction of sp³-hybridized carbons (Fsp3) is 0.258. The van der Waals surface area contributed by atoms with Crippen molar-refractivity contribution in [3.63, 3.8) is 0 Å². The van der Waals surface area contributed by atoms with Gasteiger partial charge in [-0.15, -0.1) is 0 Å². The van der Waals surface area contributed by atoms with Crippen LogP contribution in [-0.2, 0) is 16.1 Å². The zero-order valence-electron chi connectivity index (χ0n) is 22.1. The average molecular weight is 562 g/mol. The van der Waals surface area contributed by atoms with Crippen LogP contribution in [0.3, 0.4) is 0 Å². The molecule has 0 aliphatic carbocycles. The molecule has 7 nitrogen and oxygen atoms in total. The molecule has 0 bridgehead atoms. The Morgan fingerprint density at radius 3 is 2.48 bits per heavy atom. The van der Waals surface area contributed by atoms with Crippen molar-refractivity contribution in [3.05, 3.63) is 83.0 Å². The molecule has 1 aromatic heterocycles. The molecule has 0 amide bonds. The molecule has 0 atom stereocenters. The van der Waals surface area contributed by atoms with Gasteiger partial charge in [-0.05, 0) is 47.4 Å². The van der Waals surface area contributed by atoms with Gasteiger partial charge in [-0.1, -0.05) is 42.5 Å². The van der Waals surface area contributed by atoms with Crippen molar-refractivity contribution in [2.75, 3.05) is 11.4 Å². The molecule has 206 valence electrons. The first-order valence-corrected chi connectivity index (χ1v) is 14.1. The summed E-state index contributed by atoms with van der Waals surface area (Å²) in [5.41, 5.74) is 2.60. The summed E-state index contributed by atoms with van der Waals surface area (Å²) >= 11 is 1.65. The van der Waals surface area contributed by atoms with E-state index in [-0.39, 0.29) is 12.8 Å². The molecule has 2 heterocycles. The largest absolute Gasteiger partial charge is 0.481 e.